The third-order valence-corrected chi connectivity index (χ3v) is 5.52. The van der Waals surface area contributed by atoms with Crippen LogP contribution in [0.3, 0.4) is 0 Å². The van der Waals surface area contributed by atoms with E-state index >= 15 is 0 Å². The van der Waals surface area contributed by atoms with Gasteiger partial charge in [-0.1, -0.05) is 39.3 Å². The number of fused-ring (bicyclic) bond motifs is 3. The Hall–Kier alpha value is -3.19. The van der Waals surface area contributed by atoms with Crippen LogP contribution in [0.2, 0.25) is 5.02 Å². The Balaban J connectivity index is 1.86. The molecule has 2 aromatic carbocycles. The summed E-state index contributed by atoms with van der Waals surface area (Å²) < 4.78 is 7.81. The summed E-state index contributed by atoms with van der Waals surface area (Å²) in [5.41, 5.74) is 4.08. The number of halogens is 1. The predicted octanol–water partition coefficient (Wildman–Crippen LogP) is 5.33. The van der Waals surface area contributed by atoms with Crippen LogP contribution in [0.25, 0.3) is 28.1 Å². The molecule has 0 saturated heterocycles. The first kappa shape index (κ1) is 23.0. The molecule has 0 saturated carbocycles. The summed E-state index contributed by atoms with van der Waals surface area (Å²) in [6.45, 7) is 11.4. The van der Waals surface area contributed by atoms with Crippen molar-refractivity contribution in [3.05, 3.63) is 52.7 Å². The van der Waals surface area contributed by atoms with Crippen LogP contribution in [-0.4, -0.2) is 38.6 Å². The van der Waals surface area contributed by atoms with E-state index in [1.807, 2.05) is 35.6 Å². The van der Waals surface area contributed by atoms with Gasteiger partial charge in [0.25, 0.3) is 5.91 Å². The summed E-state index contributed by atoms with van der Waals surface area (Å²) in [6.07, 6.45) is 0. The molecule has 2 heterocycles. The molecule has 0 atom stereocenters. The quantitative estimate of drug-likeness (QED) is 0.399. The summed E-state index contributed by atoms with van der Waals surface area (Å²) in [5.74, 6) is 1.91. The van der Waals surface area contributed by atoms with Gasteiger partial charge in [-0.2, -0.15) is 0 Å². The third-order valence-electron chi connectivity index (χ3n) is 5.19. The largest absolute Gasteiger partial charge is 0.493 e. The molecule has 7 nitrogen and oxygen atoms in total. The van der Waals surface area contributed by atoms with E-state index in [1.54, 1.807) is 12.1 Å². The van der Waals surface area contributed by atoms with E-state index < -0.39 is 0 Å². The van der Waals surface area contributed by atoms with E-state index in [0.717, 1.165) is 16.7 Å². The second-order valence-corrected chi connectivity index (χ2v) is 9.44. The summed E-state index contributed by atoms with van der Waals surface area (Å²) >= 11 is 6.58. The van der Waals surface area contributed by atoms with Crippen molar-refractivity contribution in [1.29, 1.82) is 0 Å². The fraction of sp³-hybridized carbons (Fsp3) is 0.360. The molecular weight excluding hydrogens is 438 g/mol. The van der Waals surface area contributed by atoms with E-state index in [0.29, 0.717) is 58.4 Å². The van der Waals surface area contributed by atoms with Crippen molar-refractivity contribution in [3.8, 4) is 17.1 Å². The van der Waals surface area contributed by atoms with Crippen molar-refractivity contribution >= 4 is 34.2 Å². The normalized spacial score (nSPS) is 11.6. The van der Waals surface area contributed by atoms with Gasteiger partial charge in [-0.15, -0.1) is 10.2 Å². The Labute approximate surface area is 198 Å². The molecule has 0 aliphatic carbocycles. The number of nitrogens with zero attached hydrogens (tertiary/aromatic N) is 4. The molecule has 0 fully saturated rings. The molecule has 1 N–H and O–H groups in total. The predicted molar refractivity (Wildman–Crippen MR) is 131 cm³/mol. The minimum absolute atomic E-state index is 0.129. The zero-order chi connectivity index (χ0) is 23.7. The molecule has 33 heavy (non-hydrogen) atoms. The van der Waals surface area contributed by atoms with Gasteiger partial charge in [0, 0.05) is 17.7 Å². The molecule has 0 aliphatic rings. The standard InChI is InChI=1S/C25H28ClN5O2/c1-14(2)12-27-25(32)17-6-9-21-22(10-17)31-23(16(5)28-21)29-30-24(31)19-11-18(7-8-20(19)26)33-13-15(3)4/h6-11,14-15H,12-13H2,1-5H3,(H,27,32). The van der Waals surface area contributed by atoms with Crippen LogP contribution < -0.4 is 10.1 Å². The Morgan fingerprint density at radius 3 is 2.61 bits per heavy atom. The highest BCUT2D eigenvalue weighted by Gasteiger charge is 2.19. The monoisotopic (exact) mass is 465 g/mol. The highest BCUT2D eigenvalue weighted by atomic mass is 35.5. The first-order chi connectivity index (χ1) is 15.7. The molecule has 172 valence electrons. The Bertz CT molecular complexity index is 1330. The van der Waals surface area contributed by atoms with Gasteiger partial charge < -0.3 is 10.1 Å². The van der Waals surface area contributed by atoms with Crippen molar-refractivity contribution in [2.75, 3.05) is 13.2 Å². The number of rotatable bonds is 7. The molecule has 0 spiro atoms. The second kappa shape index (κ2) is 9.35. The number of hydrogen-bond acceptors (Lipinski definition) is 5. The molecule has 1 amide bonds. The summed E-state index contributed by atoms with van der Waals surface area (Å²) in [7, 11) is 0. The van der Waals surface area contributed by atoms with E-state index in [2.05, 4.69) is 48.2 Å². The average Bonchev–Trinajstić information content (AvgIpc) is 3.22. The van der Waals surface area contributed by atoms with Crippen LogP contribution >= 0.6 is 11.6 Å². The summed E-state index contributed by atoms with van der Waals surface area (Å²) in [4.78, 5) is 17.4. The number of nitrogens with one attached hydrogen (secondary N) is 1. The Kier molecular flexibility index (Phi) is 6.51. The van der Waals surface area contributed by atoms with Gasteiger partial charge in [-0.3, -0.25) is 9.20 Å². The molecule has 8 heteroatoms. The van der Waals surface area contributed by atoms with Crippen molar-refractivity contribution < 1.29 is 9.53 Å². The molecule has 4 rings (SSSR count). The average molecular weight is 466 g/mol. The Morgan fingerprint density at radius 2 is 1.88 bits per heavy atom. The number of benzene rings is 2. The molecular formula is C25H28ClN5O2. The molecule has 0 radical (unpaired) electrons. The maximum Gasteiger partial charge on any atom is 0.251 e. The minimum Gasteiger partial charge on any atom is -0.493 e. The Morgan fingerprint density at radius 1 is 1.09 bits per heavy atom. The lowest BCUT2D eigenvalue weighted by molar-refractivity contribution is 0.0949. The zero-order valence-corrected chi connectivity index (χ0v) is 20.3. The highest BCUT2D eigenvalue weighted by Crippen LogP contribution is 2.33. The molecule has 2 aromatic heterocycles. The highest BCUT2D eigenvalue weighted by molar-refractivity contribution is 6.33. The molecule has 0 bridgehead atoms. The molecule has 0 aliphatic heterocycles. The third kappa shape index (κ3) is 4.78. The van der Waals surface area contributed by atoms with Crippen LogP contribution in [0.5, 0.6) is 5.75 Å². The first-order valence-corrected chi connectivity index (χ1v) is 11.5. The van der Waals surface area contributed by atoms with E-state index in [4.69, 9.17) is 16.3 Å². The topological polar surface area (TPSA) is 81.4 Å². The van der Waals surface area contributed by atoms with E-state index in [1.165, 1.54) is 0 Å². The smallest absolute Gasteiger partial charge is 0.251 e. The number of ether oxygens (including phenoxy) is 1. The lowest BCUT2D eigenvalue weighted by Crippen LogP contribution is -2.27. The van der Waals surface area contributed by atoms with Gasteiger partial charge in [0.2, 0.25) is 0 Å². The maximum atomic E-state index is 12.7. The number of carbonyl (C=O) groups is 1. The summed E-state index contributed by atoms with van der Waals surface area (Å²) in [5, 5.41) is 12.3. The maximum absolute atomic E-state index is 12.7. The van der Waals surface area contributed by atoms with Gasteiger partial charge in [-0.05, 0) is 55.2 Å². The van der Waals surface area contributed by atoms with Gasteiger partial charge in [0.05, 0.1) is 28.4 Å². The van der Waals surface area contributed by atoms with E-state index in [-0.39, 0.29) is 5.91 Å². The number of hydrogen-bond donors (Lipinski definition) is 1. The number of aromatic nitrogens is 4. The SMILES string of the molecule is Cc1nc2ccc(C(=O)NCC(C)C)cc2n2c(-c3cc(OCC(C)C)ccc3Cl)nnc12. The zero-order valence-electron chi connectivity index (χ0n) is 19.5. The van der Waals surface area contributed by atoms with Gasteiger partial charge in [-0.25, -0.2) is 4.98 Å². The van der Waals surface area contributed by atoms with Crippen LogP contribution in [-0.2, 0) is 0 Å². The van der Waals surface area contributed by atoms with E-state index in [9.17, 15) is 4.79 Å². The van der Waals surface area contributed by atoms with Crippen molar-refractivity contribution in [2.24, 2.45) is 11.8 Å². The van der Waals surface area contributed by atoms with Crippen LogP contribution in [0.4, 0.5) is 0 Å². The molecule has 4 aromatic rings. The van der Waals surface area contributed by atoms with Gasteiger partial charge in [0.1, 0.15) is 5.75 Å². The summed E-state index contributed by atoms with van der Waals surface area (Å²) in [6, 6.07) is 11.0. The fourth-order valence-corrected chi connectivity index (χ4v) is 3.72. The van der Waals surface area contributed by atoms with Crippen molar-refractivity contribution in [2.45, 2.75) is 34.6 Å². The van der Waals surface area contributed by atoms with Gasteiger partial charge in [0.15, 0.2) is 11.5 Å². The molecule has 0 unspecified atom stereocenters. The van der Waals surface area contributed by atoms with Crippen molar-refractivity contribution in [3.63, 3.8) is 0 Å². The minimum atomic E-state index is -0.129. The first-order valence-electron chi connectivity index (χ1n) is 11.1. The van der Waals surface area contributed by atoms with Crippen LogP contribution in [0.15, 0.2) is 36.4 Å². The lowest BCUT2D eigenvalue weighted by Gasteiger charge is -2.12. The number of amides is 1. The van der Waals surface area contributed by atoms with Crippen LogP contribution in [0.1, 0.15) is 43.7 Å². The lowest BCUT2D eigenvalue weighted by atomic mass is 10.1. The van der Waals surface area contributed by atoms with Crippen LogP contribution in [0, 0.1) is 18.8 Å². The fourth-order valence-electron chi connectivity index (χ4n) is 3.52. The van der Waals surface area contributed by atoms with Crippen molar-refractivity contribution in [1.82, 2.24) is 24.9 Å². The number of carbonyl (C=O) groups excluding carboxylic acids is 1. The number of aryl methyl sites for hydroxylation is 1. The van der Waals surface area contributed by atoms with Gasteiger partial charge >= 0.3 is 0 Å². The second-order valence-electron chi connectivity index (χ2n) is 9.03.